The van der Waals surface area contributed by atoms with E-state index in [-0.39, 0.29) is 0 Å². The zero-order chi connectivity index (χ0) is 14.6. The van der Waals surface area contributed by atoms with Gasteiger partial charge in [-0.2, -0.15) is 10.5 Å². The Kier molecular flexibility index (Phi) is 2.51. The van der Waals surface area contributed by atoms with Crippen molar-refractivity contribution in [2.45, 2.75) is 45.4 Å². The highest BCUT2D eigenvalue weighted by Gasteiger charge is 2.98. The van der Waals surface area contributed by atoms with Gasteiger partial charge >= 0.3 is 0 Å². The van der Waals surface area contributed by atoms with E-state index < -0.39 is 28.1 Å². The summed E-state index contributed by atoms with van der Waals surface area (Å²) in [4.78, 5) is 24.2. The van der Waals surface area contributed by atoms with Gasteiger partial charge in [0.2, 0.25) is 11.8 Å². The summed E-state index contributed by atoms with van der Waals surface area (Å²) < 4.78 is 0. The highest BCUT2D eigenvalue weighted by Crippen LogP contribution is 2.84. The van der Waals surface area contributed by atoms with E-state index >= 15 is 0 Å². The summed E-state index contributed by atoms with van der Waals surface area (Å²) in [6, 6.07) is 4.08. The minimum absolute atomic E-state index is 0.555. The van der Waals surface area contributed by atoms with E-state index in [0.717, 1.165) is 25.7 Å². The monoisotopic (exact) mass is 271 g/mol. The molecule has 1 aliphatic heterocycles. The Morgan fingerprint density at radius 2 is 1.65 bits per heavy atom. The molecule has 2 aliphatic carbocycles. The minimum atomic E-state index is -1.43. The summed E-state index contributed by atoms with van der Waals surface area (Å²) in [5, 5.41) is 21.2. The predicted molar refractivity (Wildman–Crippen MR) is 68.5 cm³/mol. The molecule has 1 spiro atoms. The van der Waals surface area contributed by atoms with Crippen LogP contribution < -0.4 is 5.32 Å². The van der Waals surface area contributed by atoms with E-state index in [1.54, 1.807) is 0 Å². The van der Waals surface area contributed by atoms with Gasteiger partial charge in [-0.15, -0.1) is 0 Å². The first-order chi connectivity index (χ1) is 9.56. The standard InChI is InChI=1S/C15H17N3O2/c1-2-3-10-4-6-13(7-5-10)14(8-16)11(19)18-12(20)15(13,14)9-17/h10H,2-7H2,1H3,(H,18,19,20)/t10?,13?,14-,15+. The zero-order valence-electron chi connectivity index (χ0n) is 11.5. The van der Waals surface area contributed by atoms with Crippen molar-refractivity contribution < 1.29 is 9.59 Å². The van der Waals surface area contributed by atoms with Gasteiger partial charge in [0.15, 0.2) is 10.8 Å². The second kappa shape index (κ2) is 3.82. The number of amides is 2. The van der Waals surface area contributed by atoms with Crippen LogP contribution in [0.1, 0.15) is 45.4 Å². The maximum atomic E-state index is 12.1. The molecule has 0 aromatic carbocycles. The number of imide groups is 1. The third-order valence-corrected chi connectivity index (χ3v) is 5.83. The van der Waals surface area contributed by atoms with Gasteiger partial charge in [0.25, 0.3) is 0 Å². The molecule has 1 saturated heterocycles. The molecule has 0 aromatic heterocycles. The molecule has 3 rings (SSSR count). The molecule has 2 atom stereocenters. The smallest absolute Gasteiger partial charge is 0.249 e. The van der Waals surface area contributed by atoms with E-state index in [9.17, 15) is 20.1 Å². The highest BCUT2D eigenvalue weighted by atomic mass is 16.2. The van der Waals surface area contributed by atoms with Crippen LogP contribution in [0.2, 0.25) is 0 Å². The summed E-state index contributed by atoms with van der Waals surface area (Å²) in [6.07, 6.45) is 5.33. The summed E-state index contributed by atoms with van der Waals surface area (Å²) in [7, 11) is 0. The largest absolute Gasteiger partial charge is 0.293 e. The first kappa shape index (κ1) is 13.1. The normalized spacial score (nSPS) is 45.5. The Morgan fingerprint density at radius 1 is 1.15 bits per heavy atom. The summed E-state index contributed by atoms with van der Waals surface area (Å²) in [5.41, 5.74) is -3.58. The predicted octanol–water partition coefficient (Wildman–Crippen LogP) is 1.65. The maximum Gasteiger partial charge on any atom is 0.249 e. The van der Waals surface area contributed by atoms with E-state index in [1.165, 1.54) is 0 Å². The van der Waals surface area contributed by atoms with Gasteiger partial charge in [-0.3, -0.25) is 14.9 Å². The molecule has 2 amide bonds. The number of nitriles is 2. The molecule has 1 N–H and O–H groups in total. The topological polar surface area (TPSA) is 93.8 Å². The van der Waals surface area contributed by atoms with Crippen molar-refractivity contribution in [2.24, 2.45) is 22.2 Å². The first-order valence-corrected chi connectivity index (χ1v) is 7.24. The highest BCUT2D eigenvalue weighted by molar-refractivity contribution is 6.19. The van der Waals surface area contributed by atoms with Gasteiger partial charge in [0.1, 0.15) is 0 Å². The average molecular weight is 271 g/mol. The fraction of sp³-hybridized carbons (Fsp3) is 0.733. The molecule has 0 unspecified atom stereocenters. The number of hydrogen-bond donors (Lipinski definition) is 1. The van der Waals surface area contributed by atoms with Gasteiger partial charge in [-0.05, 0) is 31.6 Å². The van der Waals surface area contributed by atoms with Crippen LogP contribution in [0.15, 0.2) is 0 Å². The van der Waals surface area contributed by atoms with E-state index in [0.29, 0.717) is 18.8 Å². The fourth-order valence-electron chi connectivity index (χ4n) is 4.86. The Balaban J connectivity index is 1.97. The number of carbonyl (C=O) groups excluding carboxylic acids is 2. The minimum Gasteiger partial charge on any atom is -0.293 e. The van der Waals surface area contributed by atoms with Crippen molar-refractivity contribution in [3.8, 4) is 12.1 Å². The van der Waals surface area contributed by atoms with Crippen LogP contribution in [0, 0.1) is 44.8 Å². The lowest BCUT2D eigenvalue weighted by atomic mass is 9.72. The zero-order valence-corrected chi connectivity index (χ0v) is 11.5. The lowest BCUT2D eigenvalue weighted by molar-refractivity contribution is -0.131. The van der Waals surface area contributed by atoms with Crippen molar-refractivity contribution >= 4 is 11.8 Å². The van der Waals surface area contributed by atoms with Crippen molar-refractivity contribution in [1.82, 2.24) is 5.32 Å². The van der Waals surface area contributed by atoms with Crippen LogP contribution in [0.25, 0.3) is 0 Å². The van der Waals surface area contributed by atoms with Crippen LogP contribution in [0.4, 0.5) is 0 Å². The maximum absolute atomic E-state index is 12.1. The quantitative estimate of drug-likeness (QED) is 0.773. The molecule has 0 radical (unpaired) electrons. The van der Waals surface area contributed by atoms with E-state index in [2.05, 4.69) is 12.2 Å². The molecule has 1 heterocycles. The van der Waals surface area contributed by atoms with Crippen LogP contribution in [-0.2, 0) is 9.59 Å². The lowest BCUT2D eigenvalue weighted by Gasteiger charge is -2.32. The van der Waals surface area contributed by atoms with Gasteiger partial charge < -0.3 is 0 Å². The summed E-state index contributed by atoms with van der Waals surface area (Å²) >= 11 is 0. The van der Waals surface area contributed by atoms with Crippen molar-refractivity contribution in [3.05, 3.63) is 0 Å². The molecule has 3 aliphatic rings. The van der Waals surface area contributed by atoms with Crippen LogP contribution in [0.3, 0.4) is 0 Å². The van der Waals surface area contributed by atoms with Crippen LogP contribution in [-0.4, -0.2) is 11.8 Å². The van der Waals surface area contributed by atoms with Crippen molar-refractivity contribution in [2.75, 3.05) is 0 Å². The first-order valence-electron chi connectivity index (χ1n) is 7.24. The molecule has 5 nitrogen and oxygen atoms in total. The Morgan fingerprint density at radius 3 is 2.05 bits per heavy atom. The average Bonchev–Trinajstić information content (AvgIpc) is 2.87. The SMILES string of the molecule is CCCC1CCC2(CC1)[C@]1(C#N)C(=O)NC(=O)[C@]21C#N. The number of nitrogens with one attached hydrogen (secondary N) is 1. The Bertz CT molecular complexity index is 537. The van der Waals surface area contributed by atoms with E-state index in [4.69, 9.17) is 0 Å². The number of nitrogens with zero attached hydrogens (tertiary/aromatic N) is 2. The molecule has 0 bridgehead atoms. The van der Waals surface area contributed by atoms with Gasteiger partial charge in [0.05, 0.1) is 12.1 Å². The number of rotatable bonds is 2. The number of carbonyl (C=O) groups is 2. The number of piperidine rings is 1. The third kappa shape index (κ3) is 1.02. The molecule has 5 heteroatoms. The van der Waals surface area contributed by atoms with Gasteiger partial charge in [-0.25, -0.2) is 0 Å². The van der Waals surface area contributed by atoms with Crippen molar-refractivity contribution in [1.29, 1.82) is 10.5 Å². The Labute approximate surface area is 117 Å². The van der Waals surface area contributed by atoms with Crippen LogP contribution >= 0.6 is 0 Å². The third-order valence-electron chi connectivity index (χ3n) is 5.83. The van der Waals surface area contributed by atoms with Gasteiger partial charge in [0, 0.05) is 5.41 Å². The second-order valence-electron chi connectivity index (χ2n) is 6.32. The molecular weight excluding hydrogens is 254 g/mol. The molecule has 3 fully saturated rings. The number of hydrogen-bond acceptors (Lipinski definition) is 4. The second-order valence-corrected chi connectivity index (χ2v) is 6.32. The molecule has 0 aromatic rings. The van der Waals surface area contributed by atoms with Crippen LogP contribution in [0.5, 0.6) is 0 Å². The fourth-order valence-corrected chi connectivity index (χ4v) is 4.86. The number of fused-ring (bicyclic) bond motifs is 3. The Hall–Kier alpha value is -1.88. The van der Waals surface area contributed by atoms with Crippen molar-refractivity contribution in [3.63, 3.8) is 0 Å². The molecule has 2 saturated carbocycles. The molecule has 104 valence electrons. The lowest BCUT2D eigenvalue weighted by Crippen LogP contribution is -2.39. The summed E-state index contributed by atoms with van der Waals surface area (Å²) in [5.74, 6) is -0.516. The molecular formula is C15H17N3O2. The molecule has 20 heavy (non-hydrogen) atoms. The van der Waals surface area contributed by atoms with Gasteiger partial charge in [-0.1, -0.05) is 19.8 Å². The summed E-state index contributed by atoms with van der Waals surface area (Å²) in [6.45, 7) is 2.14. The van der Waals surface area contributed by atoms with E-state index in [1.807, 2.05) is 12.1 Å².